The Kier molecular flexibility index (Phi) is 6.51. The molecule has 0 radical (unpaired) electrons. The first kappa shape index (κ1) is 21.4. The maximum Gasteiger partial charge on any atom is 0.310 e. The van der Waals surface area contributed by atoms with Gasteiger partial charge in [-0.25, -0.2) is 0 Å². The lowest BCUT2D eigenvalue weighted by Gasteiger charge is -2.31. The number of rotatable bonds is 5. The maximum absolute atomic E-state index is 13.5. The summed E-state index contributed by atoms with van der Waals surface area (Å²) >= 11 is 11.4. The molecule has 0 N–H and O–H groups in total. The zero-order valence-corrected chi connectivity index (χ0v) is 19.7. The molecule has 2 aromatic heterocycles. The van der Waals surface area contributed by atoms with Gasteiger partial charge in [0.15, 0.2) is 0 Å². The fourth-order valence-corrected chi connectivity index (χ4v) is 5.87. The Morgan fingerprint density at radius 3 is 2.93 bits per heavy atom. The van der Waals surface area contributed by atoms with Gasteiger partial charge in [0, 0.05) is 30.0 Å². The van der Waals surface area contributed by atoms with Crippen LogP contribution in [0, 0.1) is 5.92 Å². The van der Waals surface area contributed by atoms with Crippen molar-refractivity contribution in [3.63, 3.8) is 0 Å². The van der Waals surface area contributed by atoms with Crippen LogP contribution in [0.3, 0.4) is 0 Å². The highest BCUT2D eigenvalue weighted by Gasteiger charge is 2.31. The standard InChI is InChI=1S/C22H22BrClN2O3S/c1-2-29-22(28)15-6-4-8-25(12-15)21(27)18-10-19-20(17(23)13-30-19)26(18)11-14-5-3-7-16(24)9-14/h3,5,7,9-10,13,15H,2,4,6,8,11-12H2,1H3/t15-/m0/s1. The van der Waals surface area contributed by atoms with Crippen LogP contribution in [0.4, 0.5) is 0 Å². The van der Waals surface area contributed by atoms with E-state index in [-0.39, 0.29) is 17.8 Å². The van der Waals surface area contributed by atoms with Crippen LogP contribution in [0.2, 0.25) is 5.02 Å². The third kappa shape index (κ3) is 4.29. The fraction of sp³-hybridized carbons (Fsp3) is 0.364. The van der Waals surface area contributed by atoms with Crippen molar-refractivity contribution in [2.24, 2.45) is 5.92 Å². The number of amides is 1. The minimum atomic E-state index is -0.258. The van der Waals surface area contributed by atoms with Gasteiger partial charge in [0.25, 0.3) is 5.91 Å². The molecular formula is C22H22BrClN2O3S. The zero-order valence-electron chi connectivity index (χ0n) is 16.6. The summed E-state index contributed by atoms with van der Waals surface area (Å²) in [6.07, 6.45) is 1.55. The molecule has 0 unspecified atom stereocenters. The smallest absolute Gasteiger partial charge is 0.310 e. The molecule has 1 atom stereocenters. The number of likely N-dealkylation sites (tertiary alicyclic amines) is 1. The molecule has 0 aliphatic carbocycles. The molecule has 0 bridgehead atoms. The van der Waals surface area contributed by atoms with Crippen LogP contribution in [-0.4, -0.2) is 41.0 Å². The summed E-state index contributed by atoms with van der Waals surface area (Å²) in [5.41, 5.74) is 2.65. The Bertz CT molecular complexity index is 1090. The second-order valence-corrected chi connectivity index (χ2v) is 9.59. The van der Waals surface area contributed by atoms with E-state index in [1.54, 1.807) is 23.2 Å². The van der Waals surface area contributed by atoms with E-state index in [9.17, 15) is 9.59 Å². The number of carbonyl (C=O) groups excluding carboxylic acids is 2. The predicted octanol–water partition coefficient (Wildman–Crippen LogP) is 5.58. The van der Waals surface area contributed by atoms with Crippen LogP contribution in [-0.2, 0) is 16.1 Å². The molecule has 3 heterocycles. The first-order valence-electron chi connectivity index (χ1n) is 9.94. The van der Waals surface area contributed by atoms with Crippen LogP contribution in [0.5, 0.6) is 0 Å². The van der Waals surface area contributed by atoms with Gasteiger partial charge in [0.2, 0.25) is 0 Å². The molecule has 1 fully saturated rings. The molecule has 4 rings (SSSR count). The second kappa shape index (κ2) is 9.12. The number of hydrogen-bond acceptors (Lipinski definition) is 4. The van der Waals surface area contributed by atoms with Crippen LogP contribution in [0.1, 0.15) is 35.8 Å². The molecule has 0 saturated carbocycles. The summed E-state index contributed by atoms with van der Waals surface area (Å²) in [7, 11) is 0. The van der Waals surface area contributed by atoms with Crippen molar-refractivity contribution >= 4 is 61.0 Å². The Hall–Kier alpha value is -1.83. The number of halogens is 2. The van der Waals surface area contributed by atoms with Crippen molar-refractivity contribution in [1.29, 1.82) is 0 Å². The molecule has 8 heteroatoms. The molecule has 30 heavy (non-hydrogen) atoms. The Morgan fingerprint density at radius 2 is 2.17 bits per heavy atom. The number of ether oxygens (including phenoxy) is 1. The summed E-state index contributed by atoms with van der Waals surface area (Å²) in [4.78, 5) is 27.5. The van der Waals surface area contributed by atoms with E-state index in [4.69, 9.17) is 16.3 Å². The van der Waals surface area contributed by atoms with Crippen molar-refractivity contribution in [2.75, 3.05) is 19.7 Å². The fourth-order valence-electron chi connectivity index (χ4n) is 3.97. The van der Waals surface area contributed by atoms with Gasteiger partial charge < -0.3 is 14.2 Å². The zero-order chi connectivity index (χ0) is 21.3. The quantitative estimate of drug-likeness (QED) is 0.422. The number of benzene rings is 1. The SMILES string of the molecule is CCOC(=O)[C@H]1CCCN(C(=O)c2cc3scc(Br)c3n2Cc2cccc(Cl)c2)C1. The number of nitrogens with zero attached hydrogens (tertiary/aromatic N) is 2. The summed E-state index contributed by atoms with van der Waals surface area (Å²) < 4.78 is 9.23. The average molecular weight is 510 g/mol. The highest BCUT2D eigenvalue weighted by Crippen LogP contribution is 2.35. The van der Waals surface area contributed by atoms with E-state index in [0.29, 0.717) is 37.0 Å². The van der Waals surface area contributed by atoms with Crippen LogP contribution < -0.4 is 0 Å². The lowest BCUT2D eigenvalue weighted by Crippen LogP contribution is -2.43. The van der Waals surface area contributed by atoms with E-state index in [2.05, 4.69) is 15.9 Å². The van der Waals surface area contributed by atoms with E-state index in [1.165, 1.54) is 0 Å². The number of thiophene rings is 1. The molecule has 1 aliphatic heterocycles. The summed E-state index contributed by atoms with van der Waals surface area (Å²) in [5, 5.41) is 2.70. The molecule has 3 aromatic rings. The van der Waals surface area contributed by atoms with Crippen LogP contribution >= 0.6 is 38.9 Å². The van der Waals surface area contributed by atoms with Gasteiger partial charge in [-0.05, 0) is 59.5 Å². The van der Waals surface area contributed by atoms with Crippen LogP contribution in [0.15, 0.2) is 40.2 Å². The molecule has 158 valence electrons. The minimum Gasteiger partial charge on any atom is -0.466 e. The van der Waals surface area contributed by atoms with Gasteiger partial charge >= 0.3 is 5.97 Å². The highest BCUT2D eigenvalue weighted by atomic mass is 79.9. The first-order chi connectivity index (χ1) is 14.5. The Labute approximate surface area is 192 Å². The minimum absolute atomic E-state index is 0.0543. The van der Waals surface area contributed by atoms with E-state index >= 15 is 0 Å². The molecule has 1 aromatic carbocycles. The third-order valence-corrected chi connectivity index (χ3v) is 7.42. The molecule has 0 spiro atoms. The number of piperidine rings is 1. The predicted molar refractivity (Wildman–Crippen MR) is 123 cm³/mol. The number of hydrogen-bond donors (Lipinski definition) is 0. The number of fused-ring (bicyclic) bond motifs is 1. The third-order valence-electron chi connectivity index (χ3n) is 5.35. The molecular weight excluding hydrogens is 488 g/mol. The second-order valence-electron chi connectivity index (χ2n) is 7.38. The Morgan fingerprint density at radius 1 is 1.33 bits per heavy atom. The van der Waals surface area contributed by atoms with Gasteiger partial charge in [-0.1, -0.05) is 23.7 Å². The topological polar surface area (TPSA) is 51.5 Å². The number of aromatic nitrogens is 1. The van der Waals surface area contributed by atoms with Crippen molar-refractivity contribution in [3.8, 4) is 0 Å². The van der Waals surface area contributed by atoms with Gasteiger partial charge in [0.1, 0.15) is 5.69 Å². The average Bonchev–Trinajstić information content (AvgIpc) is 3.28. The monoisotopic (exact) mass is 508 g/mol. The van der Waals surface area contributed by atoms with E-state index < -0.39 is 0 Å². The highest BCUT2D eigenvalue weighted by molar-refractivity contribution is 9.10. The largest absolute Gasteiger partial charge is 0.466 e. The van der Waals surface area contributed by atoms with Crippen molar-refractivity contribution < 1.29 is 14.3 Å². The van der Waals surface area contributed by atoms with Crippen LogP contribution in [0.25, 0.3) is 10.2 Å². The van der Waals surface area contributed by atoms with Gasteiger partial charge in [0.05, 0.1) is 27.2 Å². The molecule has 1 aliphatic rings. The molecule has 1 saturated heterocycles. The lowest BCUT2D eigenvalue weighted by molar-refractivity contribution is -0.149. The van der Waals surface area contributed by atoms with Gasteiger partial charge in [-0.15, -0.1) is 11.3 Å². The number of esters is 1. The summed E-state index contributed by atoms with van der Waals surface area (Å²) in [6, 6.07) is 9.62. The van der Waals surface area contributed by atoms with E-state index in [1.807, 2.05) is 40.3 Å². The van der Waals surface area contributed by atoms with Crippen molar-refractivity contribution in [3.05, 3.63) is 56.5 Å². The van der Waals surface area contributed by atoms with Crippen molar-refractivity contribution in [1.82, 2.24) is 9.47 Å². The van der Waals surface area contributed by atoms with Crippen molar-refractivity contribution in [2.45, 2.75) is 26.3 Å². The van der Waals surface area contributed by atoms with Gasteiger partial charge in [-0.2, -0.15) is 0 Å². The Balaban J connectivity index is 1.66. The maximum atomic E-state index is 13.5. The first-order valence-corrected chi connectivity index (χ1v) is 12.0. The summed E-state index contributed by atoms with van der Waals surface area (Å²) in [5.74, 6) is -0.527. The summed E-state index contributed by atoms with van der Waals surface area (Å²) in [6.45, 7) is 3.74. The normalized spacial score (nSPS) is 16.8. The molecule has 1 amide bonds. The number of carbonyl (C=O) groups is 2. The lowest BCUT2D eigenvalue weighted by atomic mass is 9.98. The molecule has 5 nitrogen and oxygen atoms in total. The van der Waals surface area contributed by atoms with Gasteiger partial charge in [-0.3, -0.25) is 9.59 Å². The van der Waals surface area contributed by atoms with E-state index in [0.717, 1.165) is 33.1 Å².